The molecule has 28 heavy (non-hydrogen) atoms. The zero-order valence-corrected chi connectivity index (χ0v) is 16.3. The van der Waals surface area contributed by atoms with Crippen molar-refractivity contribution in [3.05, 3.63) is 95.6 Å². The normalized spacial score (nSPS) is 10.7. The largest absolute Gasteiger partial charge is 0.493 e. The number of nitrogens with zero attached hydrogens (tertiary/aromatic N) is 1. The van der Waals surface area contributed by atoms with Gasteiger partial charge in [0.05, 0.1) is 20.8 Å². The number of Topliss-reactive ketones (excluding diaryl/α,β-unsaturated/α-hetero) is 1. The van der Waals surface area contributed by atoms with Crippen LogP contribution in [0.1, 0.15) is 21.5 Å². The van der Waals surface area contributed by atoms with Gasteiger partial charge in [-0.15, -0.1) is 0 Å². The zero-order chi connectivity index (χ0) is 19.8. The van der Waals surface area contributed by atoms with E-state index in [4.69, 9.17) is 9.47 Å². The number of carbonyl (C=O) groups excluding carboxylic acids is 1. The first kappa shape index (κ1) is 19.6. The molecule has 0 aliphatic rings. The Labute approximate surface area is 166 Å². The Morgan fingerprint density at radius 2 is 1.29 bits per heavy atom. The summed E-state index contributed by atoms with van der Waals surface area (Å²) in [5.41, 5.74) is 2.97. The standard InChI is InChI=1S/C24H25NO3/c1-27-23-14-13-21(15-24(23)28-2)22(26)18-25(16-19-9-5-3-6-10-19)17-20-11-7-4-8-12-20/h3-15H,16-18H2,1-2H3. The summed E-state index contributed by atoms with van der Waals surface area (Å²) in [6.07, 6.45) is 0. The fraction of sp³-hybridized carbons (Fsp3) is 0.208. The maximum atomic E-state index is 13.0. The minimum atomic E-state index is 0.0489. The van der Waals surface area contributed by atoms with Gasteiger partial charge in [0.2, 0.25) is 0 Å². The summed E-state index contributed by atoms with van der Waals surface area (Å²) < 4.78 is 10.6. The van der Waals surface area contributed by atoms with Crippen LogP contribution in [0.5, 0.6) is 11.5 Å². The highest BCUT2D eigenvalue weighted by Crippen LogP contribution is 2.28. The number of hydrogen-bond donors (Lipinski definition) is 0. The van der Waals surface area contributed by atoms with Crippen LogP contribution in [0, 0.1) is 0 Å². The molecule has 0 aromatic heterocycles. The minimum Gasteiger partial charge on any atom is -0.493 e. The molecular formula is C24H25NO3. The third-order valence-electron chi connectivity index (χ3n) is 4.57. The molecule has 0 heterocycles. The Bertz CT molecular complexity index is 853. The molecular weight excluding hydrogens is 350 g/mol. The van der Waals surface area contributed by atoms with Crippen molar-refractivity contribution >= 4 is 5.78 Å². The van der Waals surface area contributed by atoms with Crippen molar-refractivity contribution in [3.8, 4) is 11.5 Å². The first-order valence-electron chi connectivity index (χ1n) is 9.25. The van der Waals surface area contributed by atoms with Crippen LogP contribution in [0.25, 0.3) is 0 Å². The molecule has 0 aliphatic heterocycles. The molecule has 3 aromatic carbocycles. The third-order valence-corrected chi connectivity index (χ3v) is 4.57. The third kappa shape index (κ3) is 5.21. The highest BCUT2D eigenvalue weighted by atomic mass is 16.5. The molecule has 0 fully saturated rings. The smallest absolute Gasteiger partial charge is 0.176 e. The van der Waals surface area contributed by atoms with Crippen molar-refractivity contribution in [1.29, 1.82) is 0 Å². The van der Waals surface area contributed by atoms with Crippen LogP contribution in [0.4, 0.5) is 0 Å². The quantitative estimate of drug-likeness (QED) is 0.513. The summed E-state index contributed by atoms with van der Waals surface area (Å²) in [7, 11) is 3.16. The maximum absolute atomic E-state index is 13.0. The van der Waals surface area contributed by atoms with E-state index in [1.54, 1.807) is 32.4 Å². The molecule has 0 aliphatic carbocycles. The summed E-state index contributed by atoms with van der Waals surface area (Å²) in [6, 6.07) is 25.7. The van der Waals surface area contributed by atoms with E-state index in [0.717, 1.165) is 0 Å². The molecule has 0 saturated carbocycles. The zero-order valence-electron chi connectivity index (χ0n) is 16.3. The summed E-state index contributed by atoms with van der Waals surface area (Å²) in [5, 5.41) is 0. The van der Waals surface area contributed by atoms with Gasteiger partial charge in [-0.25, -0.2) is 0 Å². The highest BCUT2D eigenvalue weighted by molar-refractivity contribution is 5.98. The lowest BCUT2D eigenvalue weighted by Gasteiger charge is -2.22. The molecule has 4 heteroatoms. The first-order valence-corrected chi connectivity index (χ1v) is 9.25. The van der Waals surface area contributed by atoms with E-state index >= 15 is 0 Å². The predicted molar refractivity (Wildman–Crippen MR) is 111 cm³/mol. The van der Waals surface area contributed by atoms with Gasteiger partial charge in [-0.3, -0.25) is 9.69 Å². The molecule has 3 aromatic rings. The lowest BCUT2D eigenvalue weighted by molar-refractivity contribution is 0.0920. The van der Waals surface area contributed by atoms with Crippen LogP contribution in [-0.2, 0) is 13.1 Å². The topological polar surface area (TPSA) is 38.8 Å². The molecule has 0 saturated heterocycles. The van der Waals surface area contributed by atoms with Gasteiger partial charge in [0, 0.05) is 18.7 Å². The van der Waals surface area contributed by atoms with Crippen LogP contribution in [0.3, 0.4) is 0 Å². The second-order valence-electron chi connectivity index (χ2n) is 6.61. The molecule has 0 atom stereocenters. The molecule has 4 nitrogen and oxygen atoms in total. The maximum Gasteiger partial charge on any atom is 0.176 e. The number of rotatable bonds is 9. The van der Waals surface area contributed by atoms with Gasteiger partial charge in [0.1, 0.15) is 0 Å². The van der Waals surface area contributed by atoms with E-state index < -0.39 is 0 Å². The molecule has 0 amide bonds. The van der Waals surface area contributed by atoms with Gasteiger partial charge >= 0.3 is 0 Å². The van der Waals surface area contributed by atoms with Crippen LogP contribution in [0.15, 0.2) is 78.9 Å². The van der Waals surface area contributed by atoms with Gasteiger partial charge in [0.15, 0.2) is 17.3 Å². The fourth-order valence-corrected chi connectivity index (χ4v) is 3.15. The lowest BCUT2D eigenvalue weighted by atomic mass is 10.1. The SMILES string of the molecule is COc1ccc(C(=O)CN(Cc2ccccc2)Cc2ccccc2)cc1OC. The van der Waals surface area contributed by atoms with E-state index in [0.29, 0.717) is 36.7 Å². The van der Waals surface area contributed by atoms with Gasteiger partial charge in [-0.1, -0.05) is 60.7 Å². The summed E-state index contributed by atoms with van der Waals surface area (Å²) in [4.78, 5) is 15.1. The Kier molecular flexibility index (Phi) is 6.82. The van der Waals surface area contributed by atoms with Crippen molar-refractivity contribution in [2.45, 2.75) is 13.1 Å². The average Bonchev–Trinajstić information content (AvgIpc) is 2.74. The first-order chi connectivity index (χ1) is 13.7. The van der Waals surface area contributed by atoms with Crippen LogP contribution >= 0.6 is 0 Å². The van der Waals surface area contributed by atoms with Gasteiger partial charge < -0.3 is 9.47 Å². The summed E-state index contributed by atoms with van der Waals surface area (Å²) in [5.74, 6) is 1.23. The van der Waals surface area contributed by atoms with Crippen molar-refractivity contribution in [2.75, 3.05) is 20.8 Å². The van der Waals surface area contributed by atoms with Gasteiger partial charge in [-0.2, -0.15) is 0 Å². The Morgan fingerprint density at radius 3 is 1.79 bits per heavy atom. The molecule has 0 N–H and O–H groups in total. The Hall–Kier alpha value is -3.11. The lowest BCUT2D eigenvalue weighted by Crippen LogP contribution is -2.29. The monoisotopic (exact) mass is 375 g/mol. The molecule has 3 rings (SSSR count). The van der Waals surface area contributed by atoms with E-state index in [9.17, 15) is 4.79 Å². The van der Waals surface area contributed by atoms with Crippen LogP contribution < -0.4 is 9.47 Å². The molecule has 0 unspecified atom stereocenters. The van der Waals surface area contributed by atoms with E-state index in [2.05, 4.69) is 29.2 Å². The number of ether oxygens (including phenoxy) is 2. The van der Waals surface area contributed by atoms with Crippen molar-refractivity contribution in [3.63, 3.8) is 0 Å². The van der Waals surface area contributed by atoms with Crippen molar-refractivity contribution in [1.82, 2.24) is 4.90 Å². The number of ketones is 1. The molecule has 0 bridgehead atoms. The van der Waals surface area contributed by atoms with E-state index in [1.165, 1.54) is 11.1 Å². The number of methoxy groups -OCH3 is 2. The number of carbonyl (C=O) groups is 1. The molecule has 144 valence electrons. The van der Waals surface area contributed by atoms with Gasteiger partial charge in [0.25, 0.3) is 0 Å². The Morgan fingerprint density at radius 1 is 0.750 bits per heavy atom. The second kappa shape index (κ2) is 9.72. The fourth-order valence-electron chi connectivity index (χ4n) is 3.15. The van der Waals surface area contributed by atoms with Crippen molar-refractivity contribution in [2.24, 2.45) is 0 Å². The second-order valence-corrected chi connectivity index (χ2v) is 6.61. The van der Waals surface area contributed by atoms with Crippen LogP contribution in [0.2, 0.25) is 0 Å². The average molecular weight is 375 g/mol. The van der Waals surface area contributed by atoms with Crippen molar-refractivity contribution < 1.29 is 14.3 Å². The van der Waals surface area contributed by atoms with E-state index in [1.807, 2.05) is 36.4 Å². The Balaban J connectivity index is 1.78. The summed E-state index contributed by atoms with van der Waals surface area (Å²) >= 11 is 0. The van der Waals surface area contributed by atoms with Gasteiger partial charge in [-0.05, 0) is 29.3 Å². The molecule has 0 radical (unpaired) electrons. The van der Waals surface area contributed by atoms with Crippen LogP contribution in [-0.4, -0.2) is 31.4 Å². The predicted octanol–water partition coefficient (Wildman–Crippen LogP) is 4.59. The summed E-state index contributed by atoms with van der Waals surface area (Å²) in [6.45, 7) is 1.72. The molecule has 0 spiro atoms. The minimum absolute atomic E-state index is 0.0489. The number of hydrogen-bond acceptors (Lipinski definition) is 4. The number of benzene rings is 3. The van der Waals surface area contributed by atoms with E-state index in [-0.39, 0.29) is 5.78 Å². The highest BCUT2D eigenvalue weighted by Gasteiger charge is 2.16.